The van der Waals surface area contributed by atoms with Gasteiger partial charge in [0.1, 0.15) is 17.3 Å². The van der Waals surface area contributed by atoms with Gasteiger partial charge in [-0.2, -0.15) is 0 Å². The summed E-state index contributed by atoms with van der Waals surface area (Å²) in [5, 5.41) is 8.23. The molecule has 7 heteroatoms. The first kappa shape index (κ1) is 17.5. The van der Waals surface area contributed by atoms with E-state index in [1.807, 2.05) is 18.7 Å². The molecule has 0 bridgehead atoms. The molecule has 1 fully saturated rings. The maximum atomic E-state index is 13.0. The van der Waals surface area contributed by atoms with Crippen LogP contribution in [0.2, 0.25) is 0 Å². The number of amides is 1. The molecule has 0 spiro atoms. The number of piperidine rings is 1. The van der Waals surface area contributed by atoms with Gasteiger partial charge in [0.25, 0.3) is 5.91 Å². The first-order chi connectivity index (χ1) is 13.0. The molecule has 1 aliphatic rings. The van der Waals surface area contributed by atoms with Crippen LogP contribution in [-0.2, 0) is 0 Å². The molecule has 1 aliphatic heterocycles. The van der Waals surface area contributed by atoms with Gasteiger partial charge < -0.3 is 13.7 Å². The van der Waals surface area contributed by atoms with Gasteiger partial charge in [-0.1, -0.05) is 0 Å². The number of likely N-dealkylation sites (tertiary alicyclic amines) is 1. The van der Waals surface area contributed by atoms with Crippen LogP contribution >= 0.6 is 0 Å². The first-order valence-electron chi connectivity index (χ1n) is 8.97. The summed E-state index contributed by atoms with van der Waals surface area (Å²) in [6, 6.07) is 7.74. The first-order valence-corrected chi connectivity index (χ1v) is 8.97. The van der Waals surface area contributed by atoms with E-state index in [9.17, 15) is 9.18 Å². The Morgan fingerprint density at radius 2 is 1.81 bits per heavy atom. The fourth-order valence-electron chi connectivity index (χ4n) is 3.45. The topological polar surface area (TPSA) is 72.4 Å². The Kier molecular flexibility index (Phi) is 4.51. The number of benzene rings is 1. The van der Waals surface area contributed by atoms with Crippen LogP contribution in [0.5, 0.6) is 0 Å². The Morgan fingerprint density at radius 1 is 1.11 bits per heavy atom. The standard InChI is InChI=1S/C20H20FN3O3/c1-12-11-17(13(2)26-12)20(25)24-9-7-15(8-10-24)19-23-22-18(27-19)14-3-5-16(21)6-4-14/h3-6,11,15H,7-10H2,1-2H3. The molecule has 27 heavy (non-hydrogen) atoms. The van der Waals surface area contributed by atoms with E-state index in [1.165, 1.54) is 12.1 Å². The molecular weight excluding hydrogens is 349 g/mol. The molecule has 0 atom stereocenters. The minimum Gasteiger partial charge on any atom is -0.466 e. The summed E-state index contributed by atoms with van der Waals surface area (Å²) in [4.78, 5) is 14.5. The Hall–Kier alpha value is -2.96. The summed E-state index contributed by atoms with van der Waals surface area (Å²) in [7, 11) is 0. The average molecular weight is 369 g/mol. The van der Waals surface area contributed by atoms with Crippen molar-refractivity contribution in [1.29, 1.82) is 0 Å². The highest BCUT2D eigenvalue weighted by molar-refractivity contribution is 5.95. The van der Waals surface area contributed by atoms with Gasteiger partial charge in [-0.3, -0.25) is 4.79 Å². The fourth-order valence-corrected chi connectivity index (χ4v) is 3.45. The van der Waals surface area contributed by atoms with Crippen molar-refractivity contribution in [2.75, 3.05) is 13.1 Å². The van der Waals surface area contributed by atoms with Gasteiger partial charge in [-0.05, 0) is 57.0 Å². The smallest absolute Gasteiger partial charge is 0.257 e. The lowest BCUT2D eigenvalue weighted by molar-refractivity contribution is 0.0704. The summed E-state index contributed by atoms with van der Waals surface area (Å²) in [5.74, 6) is 2.15. The van der Waals surface area contributed by atoms with Crippen LogP contribution in [0.1, 0.15) is 46.5 Å². The number of hydrogen-bond acceptors (Lipinski definition) is 5. The highest BCUT2D eigenvalue weighted by Gasteiger charge is 2.29. The van der Waals surface area contributed by atoms with Crippen LogP contribution in [0.4, 0.5) is 4.39 Å². The zero-order valence-electron chi connectivity index (χ0n) is 15.2. The van der Waals surface area contributed by atoms with Crippen molar-refractivity contribution >= 4 is 5.91 Å². The molecule has 3 heterocycles. The Morgan fingerprint density at radius 3 is 2.44 bits per heavy atom. The van der Waals surface area contributed by atoms with Crippen LogP contribution in [0.25, 0.3) is 11.5 Å². The summed E-state index contributed by atoms with van der Waals surface area (Å²) in [6.45, 7) is 4.90. The Labute approximate surface area is 156 Å². The third-order valence-electron chi connectivity index (χ3n) is 4.93. The monoisotopic (exact) mass is 369 g/mol. The molecule has 0 N–H and O–H groups in total. The normalized spacial score (nSPS) is 15.3. The van der Waals surface area contributed by atoms with Crippen molar-refractivity contribution in [2.24, 2.45) is 0 Å². The quantitative estimate of drug-likeness (QED) is 0.695. The third-order valence-corrected chi connectivity index (χ3v) is 4.93. The number of aryl methyl sites for hydroxylation is 2. The van der Waals surface area contributed by atoms with E-state index >= 15 is 0 Å². The molecule has 1 saturated heterocycles. The second-order valence-corrected chi connectivity index (χ2v) is 6.85. The van der Waals surface area contributed by atoms with E-state index in [1.54, 1.807) is 18.2 Å². The van der Waals surface area contributed by atoms with E-state index in [2.05, 4.69) is 10.2 Å². The van der Waals surface area contributed by atoms with Crippen molar-refractivity contribution in [2.45, 2.75) is 32.6 Å². The van der Waals surface area contributed by atoms with Crippen LogP contribution in [0.15, 0.2) is 39.2 Å². The minimum atomic E-state index is -0.307. The van der Waals surface area contributed by atoms with E-state index in [4.69, 9.17) is 8.83 Å². The van der Waals surface area contributed by atoms with E-state index < -0.39 is 0 Å². The molecule has 3 aromatic rings. The maximum Gasteiger partial charge on any atom is 0.257 e. The maximum absolute atomic E-state index is 13.0. The number of aromatic nitrogens is 2. The summed E-state index contributed by atoms with van der Waals surface area (Å²) in [6.07, 6.45) is 1.51. The lowest BCUT2D eigenvalue weighted by atomic mass is 9.96. The molecule has 0 unspecified atom stereocenters. The summed E-state index contributed by atoms with van der Waals surface area (Å²) in [5.41, 5.74) is 1.32. The van der Waals surface area contributed by atoms with Gasteiger partial charge in [0, 0.05) is 24.6 Å². The largest absolute Gasteiger partial charge is 0.466 e. The van der Waals surface area contributed by atoms with Gasteiger partial charge in [-0.25, -0.2) is 4.39 Å². The van der Waals surface area contributed by atoms with Crippen molar-refractivity contribution in [1.82, 2.24) is 15.1 Å². The van der Waals surface area contributed by atoms with Crippen LogP contribution in [0, 0.1) is 19.7 Å². The van der Waals surface area contributed by atoms with E-state index in [0.29, 0.717) is 41.8 Å². The molecule has 1 amide bonds. The molecule has 0 aliphatic carbocycles. The molecule has 1 aromatic carbocycles. The van der Waals surface area contributed by atoms with Crippen molar-refractivity contribution in [3.05, 3.63) is 59.1 Å². The number of halogens is 1. The van der Waals surface area contributed by atoms with Crippen molar-refractivity contribution < 1.29 is 18.0 Å². The number of carbonyl (C=O) groups is 1. The molecule has 4 rings (SSSR count). The highest BCUT2D eigenvalue weighted by atomic mass is 19.1. The Bertz CT molecular complexity index is 953. The zero-order valence-corrected chi connectivity index (χ0v) is 15.2. The van der Waals surface area contributed by atoms with Gasteiger partial charge in [0.15, 0.2) is 0 Å². The van der Waals surface area contributed by atoms with E-state index in [-0.39, 0.29) is 17.6 Å². The van der Waals surface area contributed by atoms with Crippen molar-refractivity contribution in [3.63, 3.8) is 0 Å². The molecule has 0 radical (unpaired) electrons. The number of furan rings is 1. The van der Waals surface area contributed by atoms with Gasteiger partial charge in [0.05, 0.1) is 5.56 Å². The van der Waals surface area contributed by atoms with Crippen LogP contribution < -0.4 is 0 Å². The summed E-state index contributed by atoms with van der Waals surface area (Å²) < 4.78 is 24.3. The minimum absolute atomic E-state index is 0.000306. The number of rotatable bonds is 3. The molecular formula is C20H20FN3O3. The third kappa shape index (κ3) is 3.49. The van der Waals surface area contributed by atoms with Crippen LogP contribution in [-0.4, -0.2) is 34.1 Å². The predicted molar refractivity (Wildman–Crippen MR) is 95.8 cm³/mol. The average Bonchev–Trinajstić information content (AvgIpc) is 3.28. The zero-order chi connectivity index (χ0) is 19.0. The predicted octanol–water partition coefficient (Wildman–Crippen LogP) is 4.11. The lowest BCUT2D eigenvalue weighted by Gasteiger charge is -2.30. The van der Waals surface area contributed by atoms with Gasteiger partial charge in [-0.15, -0.1) is 10.2 Å². The van der Waals surface area contributed by atoms with E-state index in [0.717, 1.165) is 18.6 Å². The molecule has 6 nitrogen and oxygen atoms in total. The number of carbonyl (C=O) groups excluding carboxylic acids is 1. The molecule has 140 valence electrons. The molecule has 2 aromatic heterocycles. The molecule has 0 saturated carbocycles. The van der Waals surface area contributed by atoms with Crippen molar-refractivity contribution in [3.8, 4) is 11.5 Å². The summed E-state index contributed by atoms with van der Waals surface area (Å²) >= 11 is 0. The number of nitrogens with zero attached hydrogens (tertiary/aromatic N) is 3. The van der Waals surface area contributed by atoms with Gasteiger partial charge in [0.2, 0.25) is 11.8 Å². The second kappa shape index (κ2) is 6.98. The van der Waals surface area contributed by atoms with Crippen LogP contribution in [0.3, 0.4) is 0 Å². The Balaban J connectivity index is 1.41. The fraction of sp³-hybridized carbons (Fsp3) is 0.350. The van der Waals surface area contributed by atoms with Gasteiger partial charge >= 0.3 is 0 Å². The highest BCUT2D eigenvalue weighted by Crippen LogP contribution is 2.30. The SMILES string of the molecule is Cc1cc(C(=O)N2CCC(c3nnc(-c4ccc(F)cc4)o3)CC2)c(C)o1. The number of hydrogen-bond donors (Lipinski definition) is 0. The second-order valence-electron chi connectivity index (χ2n) is 6.85. The lowest BCUT2D eigenvalue weighted by Crippen LogP contribution is -2.38.